The zero-order chi connectivity index (χ0) is 19.8. The summed E-state index contributed by atoms with van der Waals surface area (Å²) in [5.41, 5.74) is 0.837. The fourth-order valence-corrected chi connectivity index (χ4v) is 3.66. The Hall–Kier alpha value is -3.53. The third kappa shape index (κ3) is 3.14. The molecule has 4 rings (SSSR count). The molecule has 2 aromatic carbocycles. The SMILES string of the molecule is O=c1[nH]c2cc([N+](=O)[O-])c3c(c2[nH]c1=O)CN(C(=S)Nc1ccccc1)CC3. The number of rotatable bonds is 2. The summed E-state index contributed by atoms with van der Waals surface area (Å²) in [4.78, 5) is 41.3. The largest absolute Gasteiger partial charge is 0.344 e. The van der Waals surface area contributed by atoms with Crippen molar-refractivity contribution in [1.29, 1.82) is 0 Å². The highest BCUT2D eigenvalue weighted by Gasteiger charge is 2.28. The first kappa shape index (κ1) is 17.9. The summed E-state index contributed by atoms with van der Waals surface area (Å²) in [7, 11) is 0. The number of hydrogen-bond acceptors (Lipinski definition) is 5. The molecular weight excluding hydrogens is 382 g/mol. The van der Waals surface area contributed by atoms with Crippen molar-refractivity contribution in [2.24, 2.45) is 0 Å². The Bertz CT molecular complexity index is 1220. The lowest BCUT2D eigenvalue weighted by Gasteiger charge is -2.31. The molecule has 0 amide bonds. The summed E-state index contributed by atoms with van der Waals surface area (Å²) in [5, 5.41) is 15.1. The van der Waals surface area contributed by atoms with Crippen LogP contribution in [0.5, 0.6) is 0 Å². The van der Waals surface area contributed by atoms with Crippen molar-refractivity contribution < 1.29 is 4.92 Å². The van der Waals surface area contributed by atoms with Gasteiger partial charge in [0.2, 0.25) is 0 Å². The third-order valence-electron chi connectivity index (χ3n) is 4.71. The summed E-state index contributed by atoms with van der Waals surface area (Å²) < 4.78 is 0. The van der Waals surface area contributed by atoms with Crippen molar-refractivity contribution in [3.05, 3.63) is 78.3 Å². The van der Waals surface area contributed by atoms with E-state index in [4.69, 9.17) is 12.2 Å². The van der Waals surface area contributed by atoms with E-state index in [0.29, 0.717) is 34.7 Å². The Balaban J connectivity index is 1.77. The van der Waals surface area contributed by atoms with Gasteiger partial charge in [-0.25, -0.2) is 0 Å². The van der Waals surface area contributed by atoms with Crippen LogP contribution in [0, 0.1) is 10.1 Å². The number of benzene rings is 2. The molecule has 3 aromatic rings. The fraction of sp³-hybridized carbons (Fsp3) is 0.167. The molecule has 3 N–H and O–H groups in total. The molecule has 0 spiro atoms. The highest BCUT2D eigenvalue weighted by Crippen LogP contribution is 2.32. The van der Waals surface area contributed by atoms with Gasteiger partial charge in [0.1, 0.15) is 0 Å². The molecule has 28 heavy (non-hydrogen) atoms. The molecule has 2 heterocycles. The minimum atomic E-state index is -0.851. The minimum Gasteiger partial charge on any atom is -0.344 e. The maximum Gasteiger partial charge on any atom is 0.314 e. The monoisotopic (exact) mass is 397 g/mol. The van der Waals surface area contributed by atoms with E-state index in [1.807, 2.05) is 35.2 Å². The number of thiocarbonyl (C=S) groups is 1. The number of para-hydroxylation sites is 1. The van der Waals surface area contributed by atoms with Crippen LogP contribution in [0.4, 0.5) is 11.4 Å². The molecule has 0 fully saturated rings. The van der Waals surface area contributed by atoms with Gasteiger partial charge in [-0.05, 0) is 30.8 Å². The quantitative estimate of drug-likeness (QED) is 0.261. The first-order valence-corrected chi connectivity index (χ1v) is 8.91. The van der Waals surface area contributed by atoms with Gasteiger partial charge in [0.15, 0.2) is 5.11 Å². The maximum absolute atomic E-state index is 11.8. The first-order chi connectivity index (χ1) is 13.4. The van der Waals surface area contributed by atoms with Gasteiger partial charge in [0.05, 0.1) is 16.0 Å². The van der Waals surface area contributed by atoms with Crippen molar-refractivity contribution in [2.45, 2.75) is 13.0 Å². The number of anilines is 1. The van der Waals surface area contributed by atoms with Crippen LogP contribution in [0.25, 0.3) is 11.0 Å². The number of nitrogens with one attached hydrogen (secondary N) is 3. The van der Waals surface area contributed by atoms with E-state index < -0.39 is 16.0 Å². The summed E-state index contributed by atoms with van der Waals surface area (Å²) in [6.07, 6.45) is 0.388. The van der Waals surface area contributed by atoms with Gasteiger partial charge >= 0.3 is 11.1 Å². The molecule has 10 heteroatoms. The summed E-state index contributed by atoms with van der Waals surface area (Å²) in [6, 6.07) is 10.7. The Morgan fingerprint density at radius 1 is 1.14 bits per heavy atom. The van der Waals surface area contributed by atoms with Crippen molar-refractivity contribution in [2.75, 3.05) is 11.9 Å². The van der Waals surface area contributed by atoms with E-state index in [9.17, 15) is 19.7 Å². The summed E-state index contributed by atoms with van der Waals surface area (Å²) in [5.74, 6) is 0. The average Bonchev–Trinajstić information content (AvgIpc) is 2.68. The lowest BCUT2D eigenvalue weighted by molar-refractivity contribution is -0.385. The van der Waals surface area contributed by atoms with Gasteiger partial charge in [-0.2, -0.15) is 0 Å². The Morgan fingerprint density at radius 3 is 2.57 bits per heavy atom. The average molecular weight is 397 g/mol. The van der Waals surface area contributed by atoms with Gasteiger partial charge in [-0.15, -0.1) is 0 Å². The lowest BCUT2D eigenvalue weighted by atomic mass is 9.96. The van der Waals surface area contributed by atoms with Crippen LogP contribution < -0.4 is 16.4 Å². The molecule has 9 nitrogen and oxygen atoms in total. The molecule has 1 aliphatic heterocycles. The van der Waals surface area contributed by atoms with Crippen LogP contribution in [0.2, 0.25) is 0 Å². The zero-order valence-corrected chi connectivity index (χ0v) is 15.3. The Kier molecular flexibility index (Phi) is 4.40. The van der Waals surface area contributed by atoms with Crippen LogP contribution in [0.3, 0.4) is 0 Å². The van der Waals surface area contributed by atoms with E-state index in [1.54, 1.807) is 0 Å². The molecule has 0 atom stereocenters. The molecule has 0 aliphatic carbocycles. The fourth-order valence-electron chi connectivity index (χ4n) is 3.39. The van der Waals surface area contributed by atoms with Crippen LogP contribution in [-0.2, 0) is 13.0 Å². The van der Waals surface area contributed by atoms with E-state index in [2.05, 4.69) is 15.3 Å². The van der Waals surface area contributed by atoms with Crippen molar-refractivity contribution in [3.63, 3.8) is 0 Å². The predicted octanol–water partition coefficient (Wildman–Crippen LogP) is 1.88. The normalized spacial score (nSPS) is 13.2. The van der Waals surface area contributed by atoms with Crippen LogP contribution in [0.1, 0.15) is 11.1 Å². The van der Waals surface area contributed by atoms with E-state index in [1.165, 1.54) is 6.07 Å². The second-order valence-electron chi connectivity index (χ2n) is 6.41. The number of nitro benzene ring substituents is 1. The third-order valence-corrected chi connectivity index (χ3v) is 5.07. The van der Waals surface area contributed by atoms with Crippen molar-refractivity contribution in [1.82, 2.24) is 14.9 Å². The van der Waals surface area contributed by atoms with Crippen molar-refractivity contribution >= 4 is 39.7 Å². The molecule has 1 aromatic heterocycles. The standard InChI is InChI=1S/C18H15N5O4S/c24-16-17(25)21-15-12-9-22(18(28)19-10-4-2-1-3-5-10)7-6-11(12)14(23(26)27)8-13(15)20-16/h1-5,8H,6-7,9H2,(H,19,28)(H,20,24)(H,21,25). The highest BCUT2D eigenvalue weighted by molar-refractivity contribution is 7.80. The van der Waals surface area contributed by atoms with Gasteiger partial charge in [-0.1, -0.05) is 18.2 Å². The van der Waals surface area contributed by atoms with E-state index in [-0.39, 0.29) is 17.7 Å². The summed E-state index contributed by atoms with van der Waals surface area (Å²) in [6.45, 7) is 0.764. The van der Waals surface area contributed by atoms with Crippen LogP contribution in [-0.4, -0.2) is 31.4 Å². The summed E-state index contributed by atoms with van der Waals surface area (Å²) >= 11 is 5.49. The molecule has 0 radical (unpaired) electrons. The van der Waals surface area contributed by atoms with Crippen LogP contribution >= 0.6 is 12.2 Å². The van der Waals surface area contributed by atoms with Gasteiger partial charge in [-0.3, -0.25) is 19.7 Å². The molecular formula is C18H15N5O4S. The molecule has 0 saturated heterocycles. The topological polar surface area (TPSA) is 124 Å². The molecule has 142 valence electrons. The molecule has 0 unspecified atom stereocenters. The second kappa shape index (κ2) is 6.89. The van der Waals surface area contributed by atoms with Gasteiger partial charge in [0.25, 0.3) is 5.69 Å². The van der Waals surface area contributed by atoms with E-state index in [0.717, 1.165) is 5.69 Å². The Morgan fingerprint density at radius 2 is 1.86 bits per heavy atom. The minimum absolute atomic E-state index is 0.0771. The first-order valence-electron chi connectivity index (χ1n) is 8.50. The lowest BCUT2D eigenvalue weighted by Crippen LogP contribution is -2.39. The number of fused-ring (bicyclic) bond motifs is 3. The maximum atomic E-state index is 11.8. The molecule has 0 bridgehead atoms. The second-order valence-corrected chi connectivity index (χ2v) is 6.80. The van der Waals surface area contributed by atoms with Gasteiger partial charge < -0.3 is 20.2 Å². The number of nitro groups is 1. The highest BCUT2D eigenvalue weighted by atomic mass is 32.1. The smallest absolute Gasteiger partial charge is 0.314 e. The number of aromatic amines is 2. The number of nitrogens with zero attached hydrogens (tertiary/aromatic N) is 2. The van der Waals surface area contributed by atoms with Crippen LogP contribution in [0.15, 0.2) is 46.0 Å². The van der Waals surface area contributed by atoms with E-state index >= 15 is 0 Å². The number of H-pyrrole nitrogens is 2. The van der Waals surface area contributed by atoms with Gasteiger partial charge in [0, 0.05) is 36.0 Å². The molecule has 0 saturated carbocycles. The zero-order valence-electron chi connectivity index (χ0n) is 14.5. The van der Waals surface area contributed by atoms with Crippen molar-refractivity contribution in [3.8, 4) is 0 Å². The molecule has 1 aliphatic rings. The number of hydrogen-bond donors (Lipinski definition) is 3. The Labute approximate surface area is 163 Å². The predicted molar refractivity (Wildman–Crippen MR) is 109 cm³/mol. The number of aromatic nitrogens is 2.